The number of aliphatic hydroxyl groups excluding tert-OH is 1. The second-order valence-electron chi connectivity index (χ2n) is 16.9. The summed E-state index contributed by atoms with van der Waals surface area (Å²) in [4.78, 5) is 63.8. The van der Waals surface area contributed by atoms with Crippen LogP contribution in [0.4, 0.5) is 28.4 Å². The summed E-state index contributed by atoms with van der Waals surface area (Å²) in [7, 11) is 0. The molecule has 10 rings (SSSR count). The molecular formula is C56H46N4O8. The van der Waals surface area contributed by atoms with Crippen LogP contribution in [-0.4, -0.2) is 51.9 Å². The molecule has 3 aliphatic rings. The highest BCUT2D eigenvalue weighted by molar-refractivity contribution is 6.16. The van der Waals surface area contributed by atoms with Gasteiger partial charge in [-0.25, -0.2) is 0 Å². The van der Waals surface area contributed by atoms with E-state index in [-0.39, 0.29) is 49.4 Å². The molecule has 0 radical (unpaired) electrons. The smallest absolute Gasteiger partial charge is 0.266 e. The number of fused-ring (bicyclic) bond motifs is 5. The van der Waals surface area contributed by atoms with Crippen molar-refractivity contribution in [2.75, 3.05) is 27.9 Å². The molecule has 3 aliphatic heterocycles. The van der Waals surface area contributed by atoms with Gasteiger partial charge in [0.05, 0.1) is 41.3 Å². The van der Waals surface area contributed by atoms with Gasteiger partial charge in [0.1, 0.15) is 11.5 Å². The van der Waals surface area contributed by atoms with E-state index in [9.17, 15) is 24.6 Å². The summed E-state index contributed by atoms with van der Waals surface area (Å²) in [5.41, 5.74) is 2.78. The SMILES string of the molecule is C[C@@H](/C=C/CC(=O)N(CCO)Cc1ccccc1)[C@]1(O)C(=O)N(Cc2cccc(N3C(=O)c4ccccc4Oc4ccccc43)c2)c2ccc(N3C(=O)c4ccccc4Oc4ccccc43)cc21. The molecule has 4 amide bonds. The molecule has 12 nitrogen and oxygen atoms in total. The van der Waals surface area contributed by atoms with Gasteiger partial charge in [-0.1, -0.05) is 110 Å². The topological polar surface area (TPSA) is 140 Å². The van der Waals surface area contributed by atoms with Crippen LogP contribution >= 0.6 is 0 Å². The van der Waals surface area contributed by atoms with E-state index in [4.69, 9.17) is 9.47 Å². The maximum atomic E-state index is 15.1. The average molecular weight is 903 g/mol. The van der Waals surface area contributed by atoms with Crippen molar-refractivity contribution in [1.29, 1.82) is 0 Å². The molecule has 7 aromatic rings. The van der Waals surface area contributed by atoms with E-state index in [0.29, 0.717) is 74.7 Å². The van der Waals surface area contributed by atoms with Gasteiger partial charge in [0.15, 0.2) is 17.1 Å². The summed E-state index contributed by atoms with van der Waals surface area (Å²) < 4.78 is 12.5. The number of hydrogen-bond acceptors (Lipinski definition) is 8. The van der Waals surface area contributed by atoms with Gasteiger partial charge >= 0.3 is 0 Å². The first kappa shape index (κ1) is 43.6. The van der Waals surface area contributed by atoms with Crippen LogP contribution in [0, 0.1) is 5.92 Å². The number of nitrogens with zero attached hydrogens (tertiary/aromatic N) is 4. The van der Waals surface area contributed by atoms with Crippen molar-refractivity contribution in [3.8, 4) is 23.0 Å². The molecule has 0 saturated heterocycles. The summed E-state index contributed by atoms with van der Waals surface area (Å²) in [5, 5.41) is 22.8. The highest BCUT2D eigenvalue weighted by atomic mass is 16.5. The van der Waals surface area contributed by atoms with Crippen molar-refractivity contribution in [3.05, 3.63) is 210 Å². The number of rotatable bonds is 12. The molecule has 7 aromatic carbocycles. The van der Waals surface area contributed by atoms with Gasteiger partial charge in [-0.3, -0.25) is 29.0 Å². The fraction of sp³-hybridized carbons (Fsp3) is 0.143. The normalized spacial score (nSPS) is 16.4. The number of carbonyl (C=O) groups is 4. The highest BCUT2D eigenvalue weighted by Gasteiger charge is 2.53. The van der Waals surface area contributed by atoms with Crippen LogP contribution in [0.15, 0.2) is 182 Å². The predicted octanol–water partition coefficient (Wildman–Crippen LogP) is 10.2. The molecule has 2 atom stereocenters. The molecule has 0 aromatic heterocycles. The number of amides is 4. The van der Waals surface area contributed by atoms with E-state index in [1.807, 2.05) is 91.0 Å². The average Bonchev–Trinajstić information content (AvgIpc) is 3.44. The van der Waals surface area contributed by atoms with Crippen LogP contribution in [-0.2, 0) is 28.3 Å². The Bertz CT molecular complexity index is 3140. The largest absolute Gasteiger partial charge is 0.454 e. The van der Waals surface area contributed by atoms with Crippen LogP contribution in [0.3, 0.4) is 0 Å². The van der Waals surface area contributed by atoms with Crippen molar-refractivity contribution in [1.82, 2.24) is 4.90 Å². The second kappa shape index (κ2) is 18.2. The van der Waals surface area contributed by atoms with Gasteiger partial charge in [0.2, 0.25) is 5.91 Å². The fourth-order valence-corrected chi connectivity index (χ4v) is 9.20. The molecule has 0 saturated carbocycles. The quantitative estimate of drug-likeness (QED) is 0.116. The number of benzene rings is 7. The Morgan fingerprint density at radius 1 is 0.632 bits per heavy atom. The van der Waals surface area contributed by atoms with E-state index in [0.717, 1.165) is 5.56 Å². The van der Waals surface area contributed by atoms with Crippen LogP contribution in [0.1, 0.15) is 50.8 Å². The summed E-state index contributed by atoms with van der Waals surface area (Å²) in [6.07, 6.45) is 3.26. The molecule has 3 heterocycles. The lowest BCUT2D eigenvalue weighted by Crippen LogP contribution is -2.44. The Morgan fingerprint density at radius 3 is 1.79 bits per heavy atom. The first-order chi connectivity index (χ1) is 33.1. The summed E-state index contributed by atoms with van der Waals surface area (Å²) in [6, 6.07) is 50.5. The fourth-order valence-electron chi connectivity index (χ4n) is 9.20. The highest BCUT2D eigenvalue weighted by Crippen LogP contribution is 2.50. The monoisotopic (exact) mass is 902 g/mol. The van der Waals surface area contributed by atoms with Crippen LogP contribution in [0.25, 0.3) is 0 Å². The van der Waals surface area contributed by atoms with Crippen molar-refractivity contribution in [3.63, 3.8) is 0 Å². The zero-order valence-corrected chi connectivity index (χ0v) is 37.1. The van der Waals surface area contributed by atoms with Crippen molar-refractivity contribution in [2.24, 2.45) is 5.92 Å². The Kier molecular flexibility index (Phi) is 11.6. The molecular weight excluding hydrogens is 857 g/mol. The number of hydrogen-bond donors (Lipinski definition) is 2. The van der Waals surface area contributed by atoms with Gasteiger partial charge < -0.3 is 29.5 Å². The zero-order valence-electron chi connectivity index (χ0n) is 37.1. The van der Waals surface area contributed by atoms with Gasteiger partial charge in [0.25, 0.3) is 17.7 Å². The van der Waals surface area contributed by atoms with Crippen molar-refractivity contribution < 1.29 is 38.9 Å². The maximum absolute atomic E-state index is 15.1. The standard InChI is InChI=1S/C56H46N4O8/c1-37(15-13-28-52(62)57(31-32-61)35-38-16-3-2-4-17-38)56(66)44-34-41(60-47-23-8-12-27-51(47)68-49-25-10-6-21-43(49)54(60)64)29-30-45(44)58(55(56)65)36-39-18-14-19-40(33-39)59-46-22-7-11-26-50(46)67-48-24-9-5-20-42(48)53(59)63/h2-27,29-30,33-34,37,61,66H,28,31-32,35-36H2,1H3/b15-13+/t37-,56+/m0/s1. The lowest BCUT2D eigenvalue weighted by molar-refractivity contribution is -0.139. The van der Waals surface area contributed by atoms with E-state index < -0.39 is 17.4 Å². The van der Waals surface area contributed by atoms with Gasteiger partial charge in [-0.2, -0.15) is 0 Å². The minimum absolute atomic E-state index is 0.00924. The number of carbonyl (C=O) groups excluding carboxylic acids is 4. The summed E-state index contributed by atoms with van der Waals surface area (Å²) >= 11 is 0. The molecule has 338 valence electrons. The van der Waals surface area contributed by atoms with E-state index in [1.54, 1.807) is 108 Å². The van der Waals surface area contributed by atoms with Crippen LogP contribution in [0.5, 0.6) is 23.0 Å². The lowest BCUT2D eigenvalue weighted by Gasteiger charge is -2.29. The number of aliphatic hydroxyl groups is 2. The Hall–Kier alpha value is -8.32. The van der Waals surface area contributed by atoms with E-state index >= 15 is 4.79 Å². The predicted molar refractivity (Wildman–Crippen MR) is 259 cm³/mol. The van der Waals surface area contributed by atoms with E-state index in [2.05, 4.69) is 0 Å². The van der Waals surface area contributed by atoms with Crippen LogP contribution in [0.2, 0.25) is 0 Å². The minimum Gasteiger partial charge on any atom is -0.454 e. The number of anilines is 5. The molecule has 12 heteroatoms. The van der Waals surface area contributed by atoms with Gasteiger partial charge in [0, 0.05) is 42.4 Å². The Morgan fingerprint density at radius 2 is 1.18 bits per heavy atom. The Balaban J connectivity index is 1.02. The third-order valence-corrected chi connectivity index (χ3v) is 12.6. The maximum Gasteiger partial charge on any atom is 0.266 e. The molecule has 0 fully saturated rings. The first-order valence-electron chi connectivity index (χ1n) is 22.4. The molecule has 2 N–H and O–H groups in total. The van der Waals surface area contributed by atoms with Gasteiger partial charge in [-0.05, 0) is 90.0 Å². The van der Waals surface area contributed by atoms with Crippen molar-refractivity contribution >= 4 is 52.1 Å². The zero-order chi connectivity index (χ0) is 46.9. The van der Waals surface area contributed by atoms with Gasteiger partial charge in [-0.15, -0.1) is 0 Å². The molecule has 68 heavy (non-hydrogen) atoms. The minimum atomic E-state index is -2.17. The van der Waals surface area contributed by atoms with Crippen LogP contribution < -0.4 is 24.2 Å². The second-order valence-corrected chi connectivity index (χ2v) is 16.9. The van der Waals surface area contributed by atoms with E-state index in [1.165, 1.54) is 9.80 Å². The Labute approximate surface area is 393 Å². The molecule has 0 bridgehead atoms. The third-order valence-electron chi connectivity index (χ3n) is 12.6. The third kappa shape index (κ3) is 7.85. The molecule has 0 spiro atoms. The molecule has 0 aliphatic carbocycles. The summed E-state index contributed by atoms with van der Waals surface area (Å²) in [6.45, 7) is 1.96. The number of ether oxygens (including phenoxy) is 2. The summed E-state index contributed by atoms with van der Waals surface area (Å²) in [5.74, 6) is -0.596. The lowest BCUT2D eigenvalue weighted by atomic mass is 9.82. The number of para-hydroxylation sites is 6. The van der Waals surface area contributed by atoms with Crippen molar-refractivity contribution in [2.45, 2.75) is 32.0 Å². The molecule has 0 unspecified atom stereocenters. The first-order valence-corrected chi connectivity index (χ1v) is 22.4.